The van der Waals surface area contributed by atoms with Gasteiger partial charge in [-0.15, -0.1) is 12.4 Å². The summed E-state index contributed by atoms with van der Waals surface area (Å²) < 4.78 is 24.0. The number of anilines is 1. The van der Waals surface area contributed by atoms with Gasteiger partial charge in [-0.05, 0) is 0 Å². The Balaban J connectivity index is 0.000001000. The molecular weight excluding hydrogens is 199 g/mol. The van der Waals surface area contributed by atoms with Crippen molar-refractivity contribution >= 4 is 29.8 Å². The number of alkyl halides is 2. The number of rotatable bonds is 1. The lowest BCUT2D eigenvalue weighted by atomic mass is 10.6. The van der Waals surface area contributed by atoms with Crippen LogP contribution in [0.15, 0.2) is 6.20 Å². The highest BCUT2D eigenvalue weighted by Crippen LogP contribution is 2.21. The molecule has 11 heavy (non-hydrogen) atoms. The van der Waals surface area contributed by atoms with E-state index in [1.807, 2.05) is 0 Å². The zero-order chi connectivity index (χ0) is 7.72. The molecule has 7 heteroatoms. The van der Waals surface area contributed by atoms with Gasteiger partial charge in [0.2, 0.25) is 0 Å². The van der Waals surface area contributed by atoms with E-state index in [1.54, 1.807) is 0 Å². The number of nitrogens with two attached hydrogens (primary N) is 1. The van der Waals surface area contributed by atoms with Crippen molar-refractivity contribution in [2.24, 2.45) is 0 Å². The molecule has 64 valence electrons. The van der Waals surface area contributed by atoms with E-state index in [9.17, 15) is 8.78 Å². The van der Waals surface area contributed by atoms with Gasteiger partial charge < -0.3 is 5.73 Å². The summed E-state index contributed by atoms with van der Waals surface area (Å²) in [6, 6.07) is 0. The molecule has 1 heterocycles. The second-order valence-corrected chi connectivity index (χ2v) is 2.01. The van der Waals surface area contributed by atoms with Crippen molar-refractivity contribution in [3.8, 4) is 0 Å². The molecular formula is C4H5Cl2F2N3. The Hall–Kier alpha value is -0.550. The zero-order valence-electron chi connectivity index (χ0n) is 5.17. The summed E-state index contributed by atoms with van der Waals surface area (Å²) in [5.41, 5.74) is 5.09. The Morgan fingerprint density at radius 3 is 2.36 bits per heavy atom. The average Bonchev–Trinajstić information content (AvgIpc) is 2.14. The van der Waals surface area contributed by atoms with Gasteiger partial charge >= 0.3 is 6.55 Å². The Morgan fingerprint density at radius 2 is 2.18 bits per heavy atom. The summed E-state index contributed by atoms with van der Waals surface area (Å²) in [7, 11) is 0. The van der Waals surface area contributed by atoms with Crippen LogP contribution in [0.5, 0.6) is 0 Å². The van der Waals surface area contributed by atoms with Crippen LogP contribution in [0, 0.1) is 0 Å². The fourth-order valence-corrected chi connectivity index (χ4v) is 0.636. The first-order chi connectivity index (χ1) is 4.63. The molecule has 0 radical (unpaired) electrons. The van der Waals surface area contributed by atoms with E-state index in [0.717, 1.165) is 6.20 Å². The maximum absolute atomic E-state index is 11.8. The molecule has 0 spiro atoms. The first kappa shape index (κ1) is 10.4. The largest absolute Gasteiger partial charge is 0.382 e. The van der Waals surface area contributed by atoms with Crippen molar-refractivity contribution in [1.82, 2.24) is 9.78 Å². The van der Waals surface area contributed by atoms with Crippen molar-refractivity contribution in [2.45, 2.75) is 6.55 Å². The number of halogens is 4. The maximum Gasteiger partial charge on any atom is 0.335 e. The van der Waals surface area contributed by atoms with Crippen LogP contribution in [-0.4, -0.2) is 9.78 Å². The van der Waals surface area contributed by atoms with Gasteiger partial charge in [-0.2, -0.15) is 18.6 Å². The van der Waals surface area contributed by atoms with E-state index in [-0.39, 0.29) is 23.2 Å². The van der Waals surface area contributed by atoms with Crippen molar-refractivity contribution in [3.63, 3.8) is 0 Å². The average molecular weight is 204 g/mol. The number of nitrogens with zero attached hydrogens (tertiary/aromatic N) is 2. The van der Waals surface area contributed by atoms with E-state index in [4.69, 9.17) is 17.3 Å². The molecule has 1 aromatic heterocycles. The third kappa shape index (κ3) is 1.94. The van der Waals surface area contributed by atoms with Crippen LogP contribution in [0.25, 0.3) is 0 Å². The smallest absolute Gasteiger partial charge is 0.335 e. The number of hydrogen-bond donors (Lipinski definition) is 1. The van der Waals surface area contributed by atoms with E-state index < -0.39 is 6.55 Å². The molecule has 0 saturated heterocycles. The molecule has 0 aliphatic heterocycles. The van der Waals surface area contributed by atoms with Gasteiger partial charge in [0.15, 0.2) is 0 Å². The third-order valence-corrected chi connectivity index (χ3v) is 1.26. The van der Waals surface area contributed by atoms with Crippen LogP contribution in [0.1, 0.15) is 6.55 Å². The molecule has 3 nitrogen and oxygen atoms in total. The Morgan fingerprint density at radius 1 is 1.64 bits per heavy atom. The quantitative estimate of drug-likeness (QED) is 0.759. The lowest BCUT2D eigenvalue weighted by Crippen LogP contribution is -2.04. The van der Waals surface area contributed by atoms with Gasteiger partial charge in [-0.1, -0.05) is 11.6 Å². The summed E-state index contributed by atoms with van der Waals surface area (Å²) >= 11 is 5.33. The van der Waals surface area contributed by atoms with Crippen LogP contribution < -0.4 is 5.73 Å². The SMILES string of the molecule is Cl.Nc1c(Cl)cnn1C(F)F. The summed E-state index contributed by atoms with van der Waals surface area (Å²) in [4.78, 5) is 0. The van der Waals surface area contributed by atoms with Crippen molar-refractivity contribution < 1.29 is 8.78 Å². The van der Waals surface area contributed by atoms with Gasteiger partial charge in [0.1, 0.15) is 10.8 Å². The van der Waals surface area contributed by atoms with Crippen LogP contribution >= 0.6 is 24.0 Å². The molecule has 1 aromatic rings. The molecule has 2 N–H and O–H groups in total. The van der Waals surface area contributed by atoms with Crippen LogP contribution in [0.4, 0.5) is 14.6 Å². The highest BCUT2D eigenvalue weighted by molar-refractivity contribution is 6.32. The normalized spacial score (nSPS) is 9.82. The monoisotopic (exact) mass is 203 g/mol. The van der Waals surface area contributed by atoms with Gasteiger partial charge in [-0.25, -0.2) is 0 Å². The molecule has 0 saturated carbocycles. The molecule has 0 amide bonds. The van der Waals surface area contributed by atoms with E-state index in [1.165, 1.54) is 0 Å². The highest BCUT2D eigenvalue weighted by atomic mass is 35.5. The predicted molar refractivity (Wildman–Crippen MR) is 40.2 cm³/mol. The summed E-state index contributed by atoms with van der Waals surface area (Å²) in [6.07, 6.45) is 1.07. The Kier molecular flexibility index (Phi) is 3.54. The second-order valence-electron chi connectivity index (χ2n) is 1.60. The van der Waals surface area contributed by atoms with Gasteiger partial charge in [0, 0.05) is 0 Å². The molecule has 0 aliphatic carbocycles. The first-order valence-corrected chi connectivity index (χ1v) is 2.77. The zero-order valence-corrected chi connectivity index (χ0v) is 6.74. The predicted octanol–water partition coefficient (Wildman–Crippen LogP) is 1.94. The number of aromatic nitrogens is 2. The molecule has 0 bridgehead atoms. The molecule has 1 rings (SSSR count). The minimum atomic E-state index is -2.73. The van der Waals surface area contributed by atoms with Crippen LogP contribution in [0.2, 0.25) is 5.02 Å². The number of nitrogen functional groups attached to an aromatic ring is 1. The van der Waals surface area contributed by atoms with Gasteiger partial charge in [0.05, 0.1) is 6.20 Å². The van der Waals surface area contributed by atoms with Gasteiger partial charge in [-0.3, -0.25) is 0 Å². The van der Waals surface area contributed by atoms with Crippen molar-refractivity contribution in [1.29, 1.82) is 0 Å². The van der Waals surface area contributed by atoms with E-state index in [0.29, 0.717) is 4.68 Å². The second kappa shape index (κ2) is 3.73. The first-order valence-electron chi connectivity index (χ1n) is 2.39. The van der Waals surface area contributed by atoms with E-state index in [2.05, 4.69) is 5.10 Å². The summed E-state index contributed by atoms with van der Waals surface area (Å²) in [6.45, 7) is -2.73. The lowest BCUT2D eigenvalue weighted by Gasteiger charge is -1.99. The van der Waals surface area contributed by atoms with Crippen molar-refractivity contribution in [2.75, 3.05) is 5.73 Å². The third-order valence-electron chi connectivity index (χ3n) is 0.972. The fourth-order valence-electron chi connectivity index (χ4n) is 0.506. The van der Waals surface area contributed by atoms with Crippen LogP contribution in [0.3, 0.4) is 0 Å². The number of hydrogen-bond acceptors (Lipinski definition) is 2. The Bertz CT molecular complexity index is 237. The fraction of sp³-hybridized carbons (Fsp3) is 0.250. The molecule has 0 aliphatic rings. The van der Waals surface area contributed by atoms with Crippen molar-refractivity contribution in [3.05, 3.63) is 11.2 Å². The van der Waals surface area contributed by atoms with Crippen LogP contribution in [-0.2, 0) is 0 Å². The molecule has 0 unspecified atom stereocenters. The van der Waals surface area contributed by atoms with Gasteiger partial charge in [0.25, 0.3) is 0 Å². The molecule has 0 aromatic carbocycles. The summed E-state index contributed by atoms with van der Waals surface area (Å²) in [5.74, 6) is -0.211. The highest BCUT2D eigenvalue weighted by Gasteiger charge is 2.12. The minimum absolute atomic E-state index is 0. The Labute approximate surface area is 72.5 Å². The van der Waals surface area contributed by atoms with E-state index >= 15 is 0 Å². The molecule has 0 fully saturated rings. The standard InChI is InChI=1S/C4H4ClF2N3.ClH/c5-2-1-9-10(3(2)8)4(6)7;/h1,4H,8H2;1H. The molecule has 0 atom stereocenters. The summed E-state index contributed by atoms with van der Waals surface area (Å²) in [5, 5.41) is 3.27. The lowest BCUT2D eigenvalue weighted by molar-refractivity contribution is 0.0591. The maximum atomic E-state index is 11.8. The topological polar surface area (TPSA) is 43.8 Å². The minimum Gasteiger partial charge on any atom is -0.382 e.